The molecule has 0 aliphatic rings. The Kier molecular flexibility index (Phi) is 5.49. The summed E-state index contributed by atoms with van der Waals surface area (Å²) in [6.07, 6.45) is 0. The molecule has 100 valence electrons. The van der Waals surface area contributed by atoms with Crippen LogP contribution >= 0.6 is 27.7 Å². The summed E-state index contributed by atoms with van der Waals surface area (Å²) >= 11 is 5.41. The van der Waals surface area contributed by atoms with E-state index >= 15 is 0 Å². The molecule has 0 bridgehead atoms. The van der Waals surface area contributed by atoms with E-state index in [-0.39, 0.29) is 0 Å². The number of benzene rings is 2. The van der Waals surface area contributed by atoms with Gasteiger partial charge in [-0.2, -0.15) is 0 Å². The van der Waals surface area contributed by atoms with Gasteiger partial charge in [-0.3, -0.25) is 0 Å². The second-order valence-corrected chi connectivity index (χ2v) is 6.61. The third kappa shape index (κ3) is 4.37. The third-order valence-electron chi connectivity index (χ3n) is 2.73. The Labute approximate surface area is 127 Å². The molecule has 0 saturated carbocycles. The van der Waals surface area contributed by atoms with Gasteiger partial charge >= 0.3 is 0 Å². The normalized spacial score (nSPS) is 10.9. The van der Waals surface area contributed by atoms with Crippen molar-refractivity contribution in [2.45, 2.75) is 36.2 Å². The summed E-state index contributed by atoms with van der Waals surface area (Å²) in [5, 5.41) is 3.48. The molecule has 1 N–H and O–H groups in total. The van der Waals surface area contributed by atoms with Crippen LogP contribution in [0.15, 0.2) is 62.8 Å². The first-order valence-corrected chi connectivity index (χ1v) is 8.01. The van der Waals surface area contributed by atoms with Gasteiger partial charge in [0.2, 0.25) is 0 Å². The highest BCUT2D eigenvalue weighted by Gasteiger charge is 2.06. The van der Waals surface area contributed by atoms with Crippen molar-refractivity contribution in [3.8, 4) is 0 Å². The molecule has 0 aromatic heterocycles. The first-order valence-electron chi connectivity index (χ1n) is 6.40. The van der Waals surface area contributed by atoms with Crippen LogP contribution in [0.5, 0.6) is 0 Å². The largest absolute Gasteiger partial charge is 0.310 e. The molecule has 2 rings (SSSR count). The van der Waals surface area contributed by atoms with Gasteiger partial charge in [0.25, 0.3) is 0 Å². The van der Waals surface area contributed by atoms with Crippen LogP contribution in [0.3, 0.4) is 0 Å². The molecule has 0 aliphatic heterocycles. The molecule has 0 heterocycles. The highest BCUT2D eigenvalue weighted by atomic mass is 79.9. The average Bonchev–Trinajstić information content (AvgIpc) is 2.40. The number of hydrogen-bond acceptors (Lipinski definition) is 2. The Morgan fingerprint density at radius 3 is 2.32 bits per heavy atom. The van der Waals surface area contributed by atoms with Gasteiger partial charge in [-0.1, -0.05) is 55.9 Å². The van der Waals surface area contributed by atoms with E-state index < -0.39 is 0 Å². The molecule has 0 atom stereocenters. The first kappa shape index (κ1) is 14.6. The molecular weight excluding hydrogens is 318 g/mol. The molecule has 0 radical (unpaired) electrons. The van der Waals surface area contributed by atoms with Gasteiger partial charge in [0, 0.05) is 26.9 Å². The van der Waals surface area contributed by atoms with E-state index in [9.17, 15) is 0 Å². The minimum Gasteiger partial charge on any atom is -0.310 e. The van der Waals surface area contributed by atoms with Crippen molar-refractivity contribution in [1.29, 1.82) is 0 Å². The second-order valence-electron chi connectivity index (χ2n) is 4.68. The molecule has 0 amide bonds. The zero-order valence-corrected chi connectivity index (χ0v) is 13.6. The van der Waals surface area contributed by atoms with Crippen LogP contribution in [-0.4, -0.2) is 6.04 Å². The highest BCUT2D eigenvalue weighted by molar-refractivity contribution is 9.10. The molecule has 2 aromatic carbocycles. The van der Waals surface area contributed by atoms with Crippen molar-refractivity contribution in [2.75, 3.05) is 0 Å². The van der Waals surface area contributed by atoms with Crippen molar-refractivity contribution in [2.24, 2.45) is 0 Å². The fraction of sp³-hybridized carbons (Fsp3) is 0.250. The standard InChI is InChI=1S/C16H18BrNS/c1-12(2)18-11-13-7-3-5-9-15(13)19-16-10-6-4-8-14(16)17/h3-10,12,18H,11H2,1-2H3. The number of rotatable bonds is 5. The molecular formula is C16H18BrNS. The zero-order valence-electron chi connectivity index (χ0n) is 11.2. The maximum absolute atomic E-state index is 3.60. The van der Waals surface area contributed by atoms with Crippen LogP contribution in [-0.2, 0) is 6.54 Å². The number of halogens is 1. The van der Waals surface area contributed by atoms with Crippen molar-refractivity contribution in [3.05, 3.63) is 58.6 Å². The topological polar surface area (TPSA) is 12.0 Å². The summed E-state index contributed by atoms with van der Waals surface area (Å²) in [6.45, 7) is 5.25. The van der Waals surface area contributed by atoms with Crippen molar-refractivity contribution in [1.82, 2.24) is 5.32 Å². The quantitative estimate of drug-likeness (QED) is 0.815. The minimum absolute atomic E-state index is 0.501. The van der Waals surface area contributed by atoms with Crippen molar-refractivity contribution >= 4 is 27.7 Å². The van der Waals surface area contributed by atoms with E-state index in [1.54, 1.807) is 11.8 Å². The van der Waals surface area contributed by atoms with E-state index in [2.05, 4.69) is 77.6 Å². The smallest absolute Gasteiger partial charge is 0.0314 e. The van der Waals surface area contributed by atoms with Gasteiger partial charge in [0.15, 0.2) is 0 Å². The van der Waals surface area contributed by atoms with Crippen molar-refractivity contribution < 1.29 is 0 Å². The lowest BCUT2D eigenvalue weighted by Gasteiger charge is -2.12. The predicted octanol–water partition coefficient (Wildman–Crippen LogP) is 5.10. The lowest BCUT2D eigenvalue weighted by Crippen LogP contribution is -2.22. The summed E-state index contributed by atoms with van der Waals surface area (Å²) in [5.41, 5.74) is 1.34. The molecule has 0 aliphatic carbocycles. The summed E-state index contributed by atoms with van der Waals surface area (Å²) in [5.74, 6) is 0. The van der Waals surface area contributed by atoms with E-state index in [0.717, 1.165) is 11.0 Å². The zero-order chi connectivity index (χ0) is 13.7. The third-order valence-corrected chi connectivity index (χ3v) is 4.88. The van der Waals surface area contributed by atoms with Gasteiger partial charge in [-0.05, 0) is 39.7 Å². The van der Waals surface area contributed by atoms with E-state index in [1.165, 1.54) is 15.4 Å². The monoisotopic (exact) mass is 335 g/mol. The molecule has 1 nitrogen and oxygen atoms in total. The van der Waals surface area contributed by atoms with Crippen LogP contribution < -0.4 is 5.32 Å². The Balaban J connectivity index is 2.18. The second kappa shape index (κ2) is 7.13. The van der Waals surface area contributed by atoms with Crippen LogP contribution in [0.25, 0.3) is 0 Å². The maximum atomic E-state index is 3.60. The summed E-state index contributed by atoms with van der Waals surface area (Å²) in [7, 11) is 0. The minimum atomic E-state index is 0.501. The predicted molar refractivity (Wildman–Crippen MR) is 86.7 cm³/mol. The maximum Gasteiger partial charge on any atom is 0.0314 e. The van der Waals surface area contributed by atoms with Gasteiger partial charge < -0.3 is 5.32 Å². The summed E-state index contributed by atoms with van der Waals surface area (Å²) < 4.78 is 1.15. The van der Waals surface area contributed by atoms with E-state index in [0.29, 0.717) is 6.04 Å². The SMILES string of the molecule is CC(C)NCc1ccccc1Sc1ccccc1Br. The fourth-order valence-corrected chi connectivity index (χ4v) is 3.20. The van der Waals surface area contributed by atoms with Crippen LogP contribution in [0.4, 0.5) is 0 Å². The number of hydrogen-bond donors (Lipinski definition) is 1. The summed E-state index contributed by atoms with van der Waals surface area (Å²) in [4.78, 5) is 2.56. The van der Waals surface area contributed by atoms with Crippen LogP contribution in [0.1, 0.15) is 19.4 Å². The van der Waals surface area contributed by atoms with E-state index in [1.807, 2.05) is 6.07 Å². The van der Waals surface area contributed by atoms with Crippen LogP contribution in [0.2, 0.25) is 0 Å². The fourth-order valence-electron chi connectivity index (χ4n) is 1.71. The average molecular weight is 336 g/mol. The van der Waals surface area contributed by atoms with Crippen LogP contribution in [0, 0.1) is 0 Å². The number of nitrogens with one attached hydrogen (secondary N) is 1. The molecule has 2 aromatic rings. The van der Waals surface area contributed by atoms with Gasteiger partial charge in [-0.15, -0.1) is 0 Å². The van der Waals surface area contributed by atoms with Crippen molar-refractivity contribution in [3.63, 3.8) is 0 Å². The highest BCUT2D eigenvalue weighted by Crippen LogP contribution is 2.35. The Morgan fingerprint density at radius 2 is 1.63 bits per heavy atom. The Morgan fingerprint density at radius 1 is 1.00 bits per heavy atom. The molecule has 0 spiro atoms. The molecule has 3 heteroatoms. The van der Waals surface area contributed by atoms with Gasteiger partial charge in [-0.25, -0.2) is 0 Å². The van der Waals surface area contributed by atoms with Gasteiger partial charge in [0.1, 0.15) is 0 Å². The first-order chi connectivity index (χ1) is 9.16. The van der Waals surface area contributed by atoms with Gasteiger partial charge in [0.05, 0.1) is 0 Å². The molecule has 0 unspecified atom stereocenters. The molecule has 0 fully saturated rings. The summed E-state index contributed by atoms with van der Waals surface area (Å²) in [6, 6.07) is 17.4. The lowest BCUT2D eigenvalue weighted by atomic mass is 10.2. The Hall–Kier alpha value is -0.770. The molecule has 19 heavy (non-hydrogen) atoms. The van der Waals surface area contributed by atoms with E-state index in [4.69, 9.17) is 0 Å². The Bertz CT molecular complexity index is 540. The lowest BCUT2D eigenvalue weighted by molar-refractivity contribution is 0.585. The molecule has 0 saturated heterocycles.